The first-order chi connectivity index (χ1) is 9.19. The third-order valence-corrected chi connectivity index (χ3v) is 5.20. The van der Waals surface area contributed by atoms with Gasteiger partial charge in [0.15, 0.2) is 0 Å². The lowest BCUT2D eigenvalue weighted by atomic mass is 10.1. The molecule has 1 N–H and O–H groups in total. The lowest BCUT2D eigenvalue weighted by Gasteiger charge is -2.18. The van der Waals surface area contributed by atoms with Crippen molar-refractivity contribution >= 4 is 47.0 Å². The third-order valence-electron chi connectivity index (χ3n) is 2.84. The molecule has 1 rings (SSSR count). The van der Waals surface area contributed by atoms with Crippen LogP contribution in [0.3, 0.4) is 0 Å². The van der Waals surface area contributed by atoms with E-state index < -0.39 is 8.07 Å². The van der Waals surface area contributed by atoms with E-state index in [0.717, 1.165) is 33.2 Å². The van der Waals surface area contributed by atoms with Crippen molar-refractivity contribution in [3.05, 3.63) is 33.8 Å². The minimum Gasteiger partial charge on any atom is -0.379 e. The van der Waals surface area contributed by atoms with Crippen molar-refractivity contribution in [1.29, 1.82) is 0 Å². The highest BCUT2D eigenvalue weighted by Gasteiger charge is 2.14. The fraction of sp³-hybridized carbons (Fsp3) is 0.467. The Labute approximate surface area is 136 Å². The highest BCUT2D eigenvalue weighted by Crippen LogP contribution is 2.20. The molecule has 0 radical (unpaired) electrons. The molecule has 110 valence electrons. The lowest BCUT2D eigenvalue weighted by molar-refractivity contribution is -0.116. The minimum atomic E-state index is -1.15. The van der Waals surface area contributed by atoms with Crippen LogP contribution in [-0.4, -0.2) is 25.0 Å². The Bertz CT molecular complexity index is 511. The number of hydrogen-bond acceptors (Lipinski definition) is 2. The fourth-order valence-electron chi connectivity index (χ4n) is 1.65. The van der Waals surface area contributed by atoms with Crippen molar-refractivity contribution in [2.75, 3.05) is 6.17 Å². The number of carbonyl (C=O) groups is 1. The Hall–Kier alpha value is -0.523. The topological polar surface area (TPSA) is 29.1 Å². The predicted octanol–water partition coefficient (Wildman–Crippen LogP) is 4.11. The van der Waals surface area contributed by atoms with Gasteiger partial charge in [-0.1, -0.05) is 59.9 Å². The summed E-state index contributed by atoms with van der Waals surface area (Å²) in [5.74, 6) is 0.216. The number of aryl methyl sites for hydroxylation is 1. The molecule has 1 aromatic rings. The molecule has 0 heterocycles. The van der Waals surface area contributed by atoms with E-state index in [9.17, 15) is 4.79 Å². The van der Waals surface area contributed by atoms with Crippen molar-refractivity contribution in [1.82, 2.24) is 5.32 Å². The molecule has 0 aliphatic carbocycles. The van der Waals surface area contributed by atoms with Crippen LogP contribution in [0.2, 0.25) is 19.6 Å². The van der Waals surface area contributed by atoms with Crippen LogP contribution < -0.4 is 5.32 Å². The van der Waals surface area contributed by atoms with Crippen LogP contribution in [-0.2, 0) is 11.2 Å². The van der Waals surface area contributed by atoms with Gasteiger partial charge >= 0.3 is 0 Å². The van der Waals surface area contributed by atoms with Gasteiger partial charge in [0.05, 0.1) is 8.07 Å². The van der Waals surface area contributed by atoms with Gasteiger partial charge in [0.1, 0.15) is 10.8 Å². The molecule has 0 atom stereocenters. The largest absolute Gasteiger partial charge is 0.379 e. The smallest absolute Gasteiger partial charge is 0.130 e. The summed E-state index contributed by atoms with van der Waals surface area (Å²) in [5.41, 5.74) is 2.17. The minimum absolute atomic E-state index is 0.216. The number of ketones is 1. The molecule has 1 aromatic carbocycles. The summed E-state index contributed by atoms with van der Waals surface area (Å²) in [6.45, 7) is 8.55. The summed E-state index contributed by atoms with van der Waals surface area (Å²) in [6, 6.07) is 6.11. The molecule has 2 nitrogen and oxygen atoms in total. The van der Waals surface area contributed by atoms with Crippen LogP contribution in [0.4, 0.5) is 0 Å². The highest BCUT2D eigenvalue weighted by molar-refractivity contribution is 9.10. The van der Waals surface area contributed by atoms with E-state index in [2.05, 4.69) is 40.9 Å². The Balaban J connectivity index is 2.71. The standard InChI is InChI=1S/C15H22BrNOSSi/c1-11(18)5-6-12-7-8-13(9-14(12)16)15(19)17-10-20(2,3)4/h7-9H,5-6,10H2,1-4H3,(H,17,19). The summed E-state index contributed by atoms with van der Waals surface area (Å²) in [7, 11) is -1.15. The molecule has 5 heteroatoms. The van der Waals surface area contributed by atoms with Gasteiger partial charge in [-0.25, -0.2) is 0 Å². The molecule has 0 bridgehead atoms. The number of hydrogen-bond donors (Lipinski definition) is 1. The monoisotopic (exact) mass is 371 g/mol. The number of thiocarbonyl (C=S) groups is 1. The van der Waals surface area contributed by atoms with Gasteiger partial charge in [0.2, 0.25) is 0 Å². The fourth-order valence-corrected chi connectivity index (χ4v) is 3.26. The maximum Gasteiger partial charge on any atom is 0.130 e. The summed E-state index contributed by atoms with van der Waals surface area (Å²) >= 11 is 9.00. The van der Waals surface area contributed by atoms with Crippen LogP contribution in [0.15, 0.2) is 22.7 Å². The maximum atomic E-state index is 11.0. The first-order valence-corrected chi connectivity index (χ1v) is 11.7. The zero-order chi connectivity index (χ0) is 15.3. The Morgan fingerprint density at radius 3 is 2.50 bits per heavy atom. The number of benzene rings is 1. The van der Waals surface area contributed by atoms with E-state index in [-0.39, 0.29) is 5.78 Å². The van der Waals surface area contributed by atoms with Crippen molar-refractivity contribution in [2.45, 2.75) is 39.4 Å². The maximum absolute atomic E-state index is 11.0. The summed E-state index contributed by atoms with van der Waals surface area (Å²) in [5, 5.41) is 3.35. The second-order valence-electron chi connectivity index (χ2n) is 6.25. The van der Waals surface area contributed by atoms with Gasteiger partial charge in [-0.2, -0.15) is 0 Å². The van der Waals surface area contributed by atoms with Crippen LogP contribution in [0.5, 0.6) is 0 Å². The van der Waals surface area contributed by atoms with E-state index in [1.54, 1.807) is 6.92 Å². The Morgan fingerprint density at radius 1 is 1.35 bits per heavy atom. The van der Waals surface area contributed by atoms with E-state index >= 15 is 0 Å². The molecule has 20 heavy (non-hydrogen) atoms. The number of rotatable bonds is 6. The van der Waals surface area contributed by atoms with E-state index in [0.29, 0.717) is 6.42 Å². The number of carbonyl (C=O) groups excluding carboxylic acids is 1. The molecule has 0 saturated heterocycles. The van der Waals surface area contributed by atoms with Gasteiger partial charge in [-0.3, -0.25) is 0 Å². The Kier molecular flexibility index (Phi) is 6.55. The summed E-state index contributed by atoms with van der Waals surface area (Å²) in [6.07, 6.45) is 2.33. The van der Waals surface area contributed by atoms with Crippen LogP contribution in [0.1, 0.15) is 24.5 Å². The normalized spacial score (nSPS) is 11.2. The number of Topliss-reactive ketones (excluding diaryl/α,β-unsaturated/α-hetero) is 1. The summed E-state index contributed by atoms with van der Waals surface area (Å²) < 4.78 is 1.02. The molecule has 0 saturated carbocycles. The average molecular weight is 372 g/mol. The zero-order valence-corrected chi connectivity index (χ0v) is 16.0. The third kappa shape index (κ3) is 6.28. The lowest BCUT2D eigenvalue weighted by Crippen LogP contribution is -2.39. The van der Waals surface area contributed by atoms with Crippen molar-refractivity contribution in [3.8, 4) is 0 Å². The van der Waals surface area contributed by atoms with Crippen molar-refractivity contribution in [3.63, 3.8) is 0 Å². The molecule has 0 fully saturated rings. The molecule has 0 unspecified atom stereocenters. The highest BCUT2D eigenvalue weighted by atomic mass is 79.9. The molecular formula is C15H22BrNOSSi. The van der Waals surface area contributed by atoms with Gasteiger partial charge in [-0.15, -0.1) is 0 Å². The van der Waals surface area contributed by atoms with Gasteiger partial charge in [0.25, 0.3) is 0 Å². The van der Waals surface area contributed by atoms with Gasteiger partial charge < -0.3 is 10.1 Å². The molecular weight excluding hydrogens is 350 g/mol. The van der Waals surface area contributed by atoms with Gasteiger partial charge in [-0.05, 0) is 25.0 Å². The van der Waals surface area contributed by atoms with Crippen LogP contribution in [0, 0.1) is 0 Å². The van der Waals surface area contributed by atoms with Crippen molar-refractivity contribution < 1.29 is 4.79 Å². The molecule has 0 aliphatic heterocycles. The van der Waals surface area contributed by atoms with Crippen molar-refractivity contribution in [2.24, 2.45) is 0 Å². The second-order valence-corrected chi connectivity index (χ2v) is 13.0. The average Bonchev–Trinajstić information content (AvgIpc) is 2.33. The second kappa shape index (κ2) is 7.48. The molecule has 0 aliphatic rings. The molecule has 0 amide bonds. The predicted molar refractivity (Wildman–Crippen MR) is 96.2 cm³/mol. The molecule has 0 spiro atoms. The van der Waals surface area contributed by atoms with E-state index in [4.69, 9.17) is 12.2 Å². The van der Waals surface area contributed by atoms with Crippen LogP contribution in [0.25, 0.3) is 0 Å². The van der Waals surface area contributed by atoms with E-state index in [1.165, 1.54) is 0 Å². The van der Waals surface area contributed by atoms with E-state index in [1.807, 2.05) is 18.2 Å². The molecule has 0 aromatic heterocycles. The quantitative estimate of drug-likeness (QED) is 0.602. The first-order valence-electron chi connectivity index (χ1n) is 6.75. The first kappa shape index (κ1) is 17.5. The van der Waals surface area contributed by atoms with Crippen LogP contribution >= 0.6 is 28.1 Å². The Morgan fingerprint density at radius 2 is 2.00 bits per heavy atom. The summed E-state index contributed by atoms with van der Waals surface area (Å²) in [4.78, 5) is 11.8. The SMILES string of the molecule is CC(=O)CCc1ccc(C(=S)NC[Si](C)(C)C)cc1Br. The number of nitrogens with one attached hydrogen (secondary N) is 1. The number of halogens is 1. The zero-order valence-electron chi connectivity index (χ0n) is 12.5. The van der Waals surface area contributed by atoms with Gasteiger partial charge in [0, 0.05) is 22.6 Å².